The van der Waals surface area contributed by atoms with Crippen LogP contribution in [0.2, 0.25) is 0 Å². The maximum absolute atomic E-state index is 5.51. The van der Waals surface area contributed by atoms with Crippen LogP contribution in [0.15, 0.2) is 27.1 Å². The monoisotopic (exact) mass is 235 g/mol. The topological polar surface area (TPSA) is 68.4 Å². The molecule has 0 aromatic carbocycles. The van der Waals surface area contributed by atoms with E-state index in [1.54, 1.807) is 6.07 Å². The van der Waals surface area contributed by atoms with Gasteiger partial charge in [0.2, 0.25) is 0 Å². The van der Waals surface area contributed by atoms with E-state index in [1.807, 2.05) is 26.1 Å². The minimum Gasteiger partial charge on any atom is -0.466 e. The van der Waals surface area contributed by atoms with E-state index < -0.39 is 0 Å². The molecule has 0 fully saturated rings. The molecular formula is C12H17N3O2. The lowest BCUT2D eigenvalue weighted by atomic mass is 10.3. The predicted octanol–water partition coefficient (Wildman–Crippen LogP) is 1.83. The van der Waals surface area contributed by atoms with Crippen LogP contribution in [0.5, 0.6) is 0 Å². The molecule has 2 aromatic rings. The number of likely N-dealkylation sites (N-methyl/N-ethyl adjacent to an activating group) is 1. The van der Waals surface area contributed by atoms with Gasteiger partial charge in [-0.05, 0) is 26.1 Å². The number of nitrogens with zero attached hydrogens (tertiary/aromatic N) is 2. The van der Waals surface area contributed by atoms with Gasteiger partial charge in [0.1, 0.15) is 11.5 Å². The molecule has 5 heteroatoms. The second-order valence-corrected chi connectivity index (χ2v) is 4.22. The highest BCUT2D eigenvalue weighted by atomic mass is 16.5. The lowest BCUT2D eigenvalue weighted by Crippen LogP contribution is -2.20. The summed E-state index contributed by atoms with van der Waals surface area (Å²) in [4.78, 5) is 2.14. The van der Waals surface area contributed by atoms with Gasteiger partial charge in [0.15, 0.2) is 11.6 Å². The Morgan fingerprint density at radius 3 is 2.76 bits per heavy atom. The Labute approximate surface area is 100 Å². The number of hydrogen-bond acceptors (Lipinski definition) is 5. The van der Waals surface area contributed by atoms with Crippen molar-refractivity contribution in [1.82, 2.24) is 10.1 Å². The molecular weight excluding hydrogens is 218 g/mol. The van der Waals surface area contributed by atoms with Crippen LogP contribution in [0.1, 0.15) is 17.3 Å². The molecule has 0 bridgehead atoms. The van der Waals surface area contributed by atoms with Crippen LogP contribution < -0.4 is 5.73 Å². The SMILES string of the molecule is Cc1ccc(CCN(C)Cc2cc(N)no2)o1. The van der Waals surface area contributed by atoms with Crippen molar-refractivity contribution in [1.29, 1.82) is 0 Å². The smallest absolute Gasteiger partial charge is 0.167 e. The van der Waals surface area contributed by atoms with Crippen LogP contribution in [-0.4, -0.2) is 23.6 Å². The summed E-state index contributed by atoms with van der Waals surface area (Å²) < 4.78 is 10.6. The summed E-state index contributed by atoms with van der Waals surface area (Å²) >= 11 is 0. The first-order valence-corrected chi connectivity index (χ1v) is 5.58. The molecule has 0 aliphatic carbocycles. The summed E-state index contributed by atoms with van der Waals surface area (Å²) in [5.41, 5.74) is 5.48. The molecule has 2 heterocycles. The maximum atomic E-state index is 5.51. The number of anilines is 1. The third-order valence-corrected chi connectivity index (χ3v) is 2.54. The zero-order valence-electron chi connectivity index (χ0n) is 10.1. The van der Waals surface area contributed by atoms with Gasteiger partial charge in [0.05, 0.1) is 6.54 Å². The Morgan fingerprint density at radius 2 is 2.18 bits per heavy atom. The van der Waals surface area contributed by atoms with E-state index in [2.05, 4.69) is 10.1 Å². The maximum Gasteiger partial charge on any atom is 0.167 e. The van der Waals surface area contributed by atoms with Crippen molar-refractivity contribution in [2.45, 2.75) is 19.9 Å². The first-order chi connectivity index (χ1) is 8.13. The first-order valence-electron chi connectivity index (χ1n) is 5.58. The van der Waals surface area contributed by atoms with Crippen LogP contribution in [0.25, 0.3) is 0 Å². The number of hydrogen-bond donors (Lipinski definition) is 1. The first kappa shape index (κ1) is 11.7. The van der Waals surface area contributed by atoms with Crippen molar-refractivity contribution in [3.05, 3.63) is 35.5 Å². The van der Waals surface area contributed by atoms with Gasteiger partial charge < -0.3 is 14.7 Å². The molecule has 0 atom stereocenters. The van der Waals surface area contributed by atoms with Gasteiger partial charge in [0, 0.05) is 19.0 Å². The number of aryl methyl sites for hydroxylation is 1. The average molecular weight is 235 g/mol. The Morgan fingerprint density at radius 1 is 1.35 bits per heavy atom. The third kappa shape index (κ3) is 3.35. The van der Waals surface area contributed by atoms with Crippen molar-refractivity contribution in [3.8, 4) is 0 Å². The van der Waals surface area contributed by atoms with Gasteiger partial charge >= 0.3 is 0 Å². The van der Waals surface area contributed by atoms with Crippen LogP contribution in [0.4, 0.5) is 5.82 Å². The fourth-order valence-electron chi connectivity index (χ4n) is 1.67. The highest BCUT2D eigenvalue weighted by Gasteiger charge is 2.07. The molecule has 2 rings (SSSR count). The number of nitrogen functional groups attached to an aromatic ring is 1. The standard InChI is InChI=1S/C12H17N3O2/c1-9-3-4-10(16-9)5-6-15(2)8-11-7-12(13)14-17-11/h3-4,7H,5-6,8H2,1-2H3,(H2,13,14). The van der Waals surface area contributed by atoms with Gasteiger partial charge in [-0.15, -0.1) is 0 Å². The van der Waals surface area contributed by atoms with Crippen molar-refractivity contribution < 1.29 is 8.94 Å². The average Bonchev–Trinajstić information content (AvgIpc) is 2.85. The van der Waals surface area contributed by atoms with E-state index in [-0.39, 0.29) is 0 Å². The molecule has 0 spiro atoms. The molecule has 0 saturated heterocycles. The van der Waals surface area contributed by atoms with E-state index in [1.165, 1.54) is 0 Å². The molecule has 0 unspecified atom stereocenters. The fraction of sp³-hybridized carbons (Fsp3) is 0.417. The number of nitrogens with two attached hydrogens (primary N) is 1. The second kappa shape index (κ2) is 5.05. The van der Waals surface area contributed by atoms with Crippen molar-refractivity contribution >= 4 is 5.82 Å². The molecule has 0 saturated carbocycles. The summed E-state index contributed by atoms with van der Waals surface area (Å²) in [7, 11) is 2.02. The van der Waals surface area contributed by atoms with E-state index in [4.69, 9.17) is 14.7 Å². The minimum absolute atomic E-state index is 0.426. The summed E-state index contributed by atoms with van der Waals surface area (Å²) in [5, 5.41) is 3.65. The molecule has 17 heavy (non-hydrogen) atoms. The van der Waals surface area contributed by atoms with Crippen LogP contribution in [-0.2, 0) is 13.0 Å². The molecule has 0 amide bonds. The van der Waals surface area contributed by atoms with E-state index in [9.17, 15) is 0 Å². The Kier molecular flexibility index (Phi) is 3.49. The zero-order chi connectivity index (χ0) is 12.3. The lowest BCUT2D eigenvalue weighted by molar-refractivity contribution is 0.270. The van der Waals surface area contributed by atoms with Crippen LogP contribution >= 0.6 is 0 Å². The van der Waals surface area contributed by atoms with Gasteiger partial charge in [-0.25, -0.2) is 0 Å². The summed E-state index contributed by atoms with van der Waals surface area (Å²) in [6.45, 7) is 3.54. The highest BCUT2D eigenvalue weighted by Crippen LogP contribution is 2.10. The summed E-state index contributed by atoms with van der Waals surface area (Å²) in [6.07, 6.45) is 0.883. The van der Waals surface area contributed by atoms with E-state index in [0.29, 0.717) is 12.4 Å². The minimum atomic E-state index is 0.426. The van der Waals surface area contributed by atoms with Gasteiger partial charge in [-0.1, -0.05) is 5.16 Å². The van der Waals surface area contributed by atoms with Crippen molar-refractivity contribution in [2.24, 2.45) is 0 Å². The molecule has 0 radical (unpaired) electrons. The Hall–Kier alpha value is -1.75. The summed E-state index contributed by atoms with van der Waals surface area (Å²) in [6, 6.07) is 5.73. The molecule has 0 aliphatic heterocycles. The fourth-order valence-corrected chi connectivity index (χ4v) is 1.67. The zero-order valence-corrected chi connectivity index (χ0v) is 10.1. The van der Waals surface area contributed by atoms with Gasteiger partial charge in [0.25, 0.3) is 0 Å². The van der Waals surface area contributed by atoms with E-state index in [0.717, 1.165) is 30.2 Å². The van der Waals surface area contributed by atoms with Crippen LogP contribution in [0.3, 0.4) is 0 Å². The Balaban J connectivity index is 1.79. The van der Waals surface area contributed by atoms with Gasteiger partial charge in [-0.3, -0.25) is 4.90 Å². The lowest BCUT2D eigenvalue weighted by Gasteiger charge is -2.13. The molecule has 2 aromatic heterocycles. The van der Waals surface area contributed by atoms with Gasteiger partial charge in [-0.2, -0.15) is 0 Å². The van der Waals surface area contributed by atoms with Crippen LogP contribution in [0, 0.1) is 6.92 Å². The number of rotatable bonds is 5. The van der Waals surface area contributed by atoms with E-state index >= 15 is 0 Å². The number of aromatic nitrogens is 1. The predicted molar refractivity (Wildman–Crippen MR) is 64.4 cm³/mol. The Bertz CT molecular complexity index is 476. The quantitative estimate of drug-likeness (QED) is 0.856. The van der Waals surface area contributed by atoms with Crippen molar-refractivity contribution in [3.63, 3.8) is 0 Å². The molecule has 2 N–H and O–H groups in total. The normalized spacial score (nSPS) is 11.2. The largest absolute Gasteiger partial charge is 0.466 e. The summed E-state index contributed by atoms with van der Waals surface area (Å²) in [5.74, 6) is 3.16. The third-order valence-electron chi connectivity index (χ3n) is 2.54. The van der Waals surface area contributed by atoms with Crippen molar-refractivity contribution in [2.75, 3.05) is 19.3 Å². The number of furan rings is 1. The molecule has 5 nitrogen and oxygen atoms in total. The molecule has 92 valence electrons. The molecule has 0 aliphatic rings. The highest BCUT2D eigenvalue weighted by molar-refractivity contribution is 5.26. The second-order valence-electron chi connectivity index (χ2n) is 4.22.